The highest BCUT2D eigenvalue weighted by Crippen LogP contribution is 2.30. The summed E-state index contributed by atoms with van der Waals surface area (Å²) in [5.74, 6) is 0.833. The molecule has 154 valence electrons. The van der Waals surface area contributed by atoms with Crippen LogP contribution in [0.1, 0.15) is 18.1 Å². The Bertz CT molecular complexity index is 947. The molecule has 0 aliphatic heterocycles. The van der Waals surface area contributed by atoms with Crippen molar-refractivity contribution < 1.29 is 9.84 Å². The van der Waals surface area contributed by atoms with Gasteiger partial charge in [0, 0.05) is 47.4 Å². The molecule has 1 atom stereocenters. The number of ether oxygens (including phenoxy) is 1. The van der Waals surface area contributed by atoms with E-state index in [2.05, 4.69) is 28.8 Å². The number of aliphatic hydroxyl groups is 1. The molecular weight excluding hydrogens is 407 g/mol. The summed E-state index contributed by atoms with van der Waals surface area (Å²) in [5, 5.41) is 19.5. The van der Waals surface area contributed by atoms with Crippen molar-refractivity contribution in [2.45, 2.75) is 26.2 Å². The lowest BCUT2D eigenvalue weighted by Crippen LogP contribution is -2.31. The molecule has 0 amide bonds. The van der Waals surface area contributed by atoms with Crippen molar-refractivity contribution in [3.8, 4) is 5.75 Å². The standard InChI is InChI=1S/C23H26Cl2N2O2/c1-16(28)13-26-10-11-27-14-21-20-5-3-2-4-17(20)7-9-23(21)29-15-18-6-8-19(24)12-22(18)25/h2-9,12,16,26-28H,10-11,13-15H2,1H3/t16-/m0/s1. The smallest absolute Gasteiger partial charge is 0.124 e. The Morgan fingerprint density at radius 2 is 1.79 bits per heavy atom. The summed E-state index contributed by atoms with van der Waals surface area (Å²) in [5.41, 5.74) is 2.01. The number of hydrogen-bond donors (Lipinski definition) is 3. The van der Waals surface area contributed by atoms with Gasteiger partial charge in [-0.15, -0.1) is 0 Å². The first-order valence-corrected chi connectivity index (χ1v) is 10.5. The van der Waals surface area contributed by atoms with Crippen molar-refractivity contribution >= 4 is 34.0 Å². The molecule has 0 aliphatic rings. The Labute approximate surface area is 181 Å². The summed E-state index contributed by atoms with van der Waals surface area (Å²) in [7, 11) is 0. The lowest BCUT2D eigenvalue weighted by molar-refractivity contribution is 0.191. The third-order valence-corrected chi connectivity index (χ3v) is 5.20. The number of halogens is 2. The molecule has 0 aromatic heterocycles. The van der Waals surface area contributed by atoms with Gasteiger partial charge in [0.05, 0.1) is 6.10 Å². The van der Waals surface area contributed by atoms with E-state index in [1.165, 1.54) is 5.39 Å². The van der Waals surface area contributed by atoms with Crippen molar-refractivity contribution in [1.82, 2.24) is 10.6 Å². The molecule has 0 bridgehead atoms. The Hall–Kier alpha value is -1.82. The van der Waals surface area contributed by atoms with E-state index in [9.17, 15) is 5.11 Å². The SMILES string of the molecule is C[C@H](O)CNCCNCc1c(OCc2ccc(Cl)cc2Cl)ccc2ccccc12. The first-order chi connectivity index (χ1) is 14.0. The number of benzene rings is 3. The van der Waals surface area contributed by atoms with Crippen LogP contribution < -0.4 is 15.4 Å². The molecule has 3 aromatic rings. The average Bonchev–Trinajstić information content (AvgIpc) is 2.70. The van der Waals surface area contributed by atoms with Gasteiger partial charge in [0.15, 0.2) is 0 Å². The highest BCUT2D eigenvalue weighted by Gasteiger charge is 2.10. The van der Waals surface area contributed by atoms with Gasteiger partial charge in [-0.1, -0.05) is 59.6 Å². The number of aliphatic hydroxyl groups excluding tert-OH is 1. The molecule has 3 aromatic carbocycles. The van der Waals surface area contributed by atoms with Crippen molar-refractivity contribution in [1.29, 1.82) is 0 Å². The second-order valence-corrected chi connectivity index (χ2v) is 7.86. The summed E-state index contributed by atoms with van der Waals surface area (Å²) in [6.45, 7) is 4.99. The fourth-order valence-electron chi connectivity index (χ4n) is 3.13. The van der Waals surface area contributed by atoms with Crippen LogP contribution in [0.5, 0.6) is 5.75 Å². The summed E-state index contributed by atoms with van der Waals surface area (Å²) in [6, 6.07) is 17.8. The summed E-state index contributed by atoms with van der Waals surface area (Å²) < 4.78 is 6.15. The minimum absolute atomic E-state index is 0.340. The van der Waals surface area contributed by atoms with E-state index in [0.29, 0.717) is 29.7 Å². The van der Waals surface area contributed by atoms with Crippen molar-refractivity contribution in [3.05, 3.63) is 75.8 Å². The Balaban J connectivity index is 1.71. The molecule has 0 fully saturated rings. The maximum Gasteiger partial charge on any atom is 0.124 e. The van der Waals surface area contributed by atoms with Crippen LogP contribution >= 0.6 is 23.2 Å². The van der Waals surface area contributed by atoms with Gasteiger partial charge >= 0.3 is 0 Å². The molecule has 4 nitrogen and oxygen atoms in total. The highest BCUT2D eigenvalue weighted by molar-refractivity contribution is 6.35. The Morgan fingerprint density at radius 3 is 2.59 bits per heavy atom. The minimum Gasteiger partial charge on any atom is -0.488 e. The van der Waals surface area contributed by atoms with Gasteiger partial charge < -0.3 is 20.5 Å². The van der Waals surface area contributed by atoms with Gasteiger partial charge in [-0.3, -0.25) is 0 Å². The van der Waals surface area contributed by atoms with E-state index in [0.717, 1.165) is 35.4 Å². The minimum atomic E-state index is -0.340. The molecular formula is C23H26Cl2N2O2. The normalized spacial score (nSPS) is 12.3. The molecule has 0 saturated heterocycles. The largest absolute Gasteiger partial charge is 0.488 e. The zero-order valence-corrected chi connectivity index (χ0v) is 17.9. The molecule has 29 heavy (non-hydrogen) atoms. The van der Waals surface area contributed by atoms with E-state index in [4.69, 9.17) is 27.9 Å². The van der Waals surface area contributed by atoms with E-state index in [1.807, 2.05) is 30.3 Å². The molecule has 6 heteroatoms. The lowest BCUT2D eigenvalue weighted by atomic mass is 10.0. The highest BCUT2D eigenvalue weighted by atomic mass is 35.5. The van der Waals surface area contributed by atoms with Crippen molar-refractivity contribution in [3.63, 3.8) is 0 Å². The van der Waals surface area contributed by atoms with Crippen LogP contribution in [-0.2, 0) is 13.2 Å². The second kappa shape index (κ2) is 10.8. The van der Waals surface area contributed by atoms with E-state index in [-0.39, 0.29) is 6.10 Å². The zero-order valence-electron chi connectivity index (χ0n) is 16.4. The molecule has 0 aliphatic carbocycles. The number of hydrogen-bond acceptors (Lipinski definition) is 4. The van der Waals surface area contributed by atoms with Gasteiger partial charge in [-0.05, 0) is 35.9 Å². The van der Waals surface area contributed by atoms with Crippen molar-refractivity contribution in [2.24, 2.45) is 0 Å². The fraction of sp³-hybridized carbons (Fsp3) is 0.304. The summed E-state index contributed by atoms with van der Waals surface area (Å²) in [6.07, 6.45) is -0.340. The quantitative estimate of drug-likeness (QED) is 0.403. The number of fused-ring (bicyclic) bond motifs is 1. The average molecular weight is 433 g/mol. The molecule has 0 heterocycles. The lowest BCUT2D eigenvalue weighted by Gasteiger charge is -2.16. The predicted molar refractivity (Wildman–Crippen MR) is 121 cm³/mol. The Kier molecular flexibility index (Phi) is 8.16. The van der Waals surface area contributed by atoms with Gasteiger partial charge in [0.25, 0.3) is 0 Å². The zero-order chi connectivity index (χ0) is 20.6. The third-order valence-electron chi connectivity index (χ3n) is 4.62. The van der Waals surface area contributed by atoms with E-state index >= 15 is 0 Å². The van der Waals surface area contributed by atoms with Gasteiger partial charge in [-0.2, -0.15) is 0 Å². The van der Waals surface area contributed by atoms with E-state index in [1.54, 1.807) is 13.0 Å². The first kappa shape index (κ1) is 21.9. The topological polar surface area (TPSA) is 53.5 Å². The monoisotopic (exact) mass is 432 g/mol. The number of nitrogens with one attached hydrogen (secondary N) is 2. The van der Waals surface area contributed by atoms with Gasteiger partial charge in [-0.25, -0.2) is 0 Å². The summed E-state index contributed by atoms with van der Waals surface area (Å²) in [4.78, 5) is 0. The van der Waals surface area contributed by atoms with Crippen molar-refractivity contribution in [2.75, 3.05) is 19.6 Å². The predicted octanol–water partition coefficient (Wildman–Crippen LogP) is 4.79. The van der Waals surface area contributed by atoms with Crippen LogP contribution in [0.15, 0.2) is 54.6 Å². The third kappa shape index (κ3) is 6.33. The number of rotatable bonds is 10. The maximum atomic E-state index is 9.31. The van der Waals surface area contributed by atoms with Crippen LogP contribution in [-0.4, -0.2) is 30.8 Å². The van der Waals surface area contributed by atoms with Gasteiger partial charge in [0.1, 0.15) is 12.4 Å². The van der Waals surface area contributed by atoms with Gasteiger partial charge in [0.2, 0.25) is 0 Å². The Morgan fingerprint density at radius 1 is 1.00 bits per heavy atom. The molecule has 0 radical (unpaired) electrons. The van der Waals surface area contributed by atoms with Crippen LogP contribution in [0.3, 0.4) is 0 Å². The van der Waals surface area contributed by atoms with Crippen LogP contribution in [0, 0.1) is 0 Å². The first-order valence-electron chi connectivity index (χ1n) is 9.71. The maximum absolute atomic E-state index is 9.31. The van der Waals surface area contributed by atoms with Crippen LogP contribution in [0.2, 0.25) is 10.0 Å². The molecule has 3 rings (SSSR count). The van der Waals surface area contributed by atoms with Crippen LogP contribution in [0.25, 0.3) is 10.8 Å². The summed E-state index contributed by atoms with van der Waals surface area (Å²) >= 11 is 12.3. The second-order valence-electron chi connectivity index (χ2n) is 7.02. The molecule has 3 N–H and O–H groups in total. The molecule has 0 saturated carbocycles. The molecule has 0 spiro atoms. The fourth-order valence-corrected chi connectivity index (χ4v) is 3.59. The van der Waals surface area contributed by atoms with Crippen LogP contribution in [0.4, 0.5) is 0 Å². The van der Waals surface area contributed by atoms with E-state index < -0.39 is 0 Å². The molecule has 0 unspecified atom stereocenters.